The number of alkyl halides is 1. The summed E-state index contributed by atoms with van der Waals surface area (Å²) in [7, 11) is 0. The molecule has 18 heavy (non-hydrogen) atoms. The van der Waals surface area contributed by atoms with Crippen molar-refractivity contribution < 1.29 is 4.42 Å². The molecule has 0 bridgehead atoms. The molecule has 2 aromatic rings. The predicted octanol–water partition coefficient (Wildman–Crippen LogP) is 2.19. The largest absolute Gasteiger partial charge is 0.464 e. The van der Waals surface area contributed by atoms with Crippen LogP contribution >= 0.6 is 11.6 Å². The lowest BCUT2D eigenvalue weighted by Crippen LogP contribution is -2.47. The van der Waals surface area contributed by atoms with Gasteiger partial charge in [-0.25, -0.2) is 4.98 Å². The Hall–Kier alpha value is -1.26. The van der Waals surface area contributed by atoms with E-state index < -0.39 is 0 Å². The maximum absolute atomic E-state index is 5.77. The van der Waals surface area contributed by atoms with Crippen molar-refractivity contribution in [2.24, 2.45) is 0 Å². The van der Waals surface area contributed by atoms with Crippen LogP contribution in [0.4, 0.5) is 5.82 Å². The number of fused-ring (bicyclic) bond motifs is 1. The van der Waals surface area contributed by atoms with Gasteiger partial charge in [0.1, 0.15) is 11.4 Å². The highest BCUT2D eigenvalue weighted by molar-refractivity contribution is 6.18. The molecule has 96 valence electrons. The first-order chi connectivity index (χ1) is 8.88. The van der Waals surface area contributed by atoms with Crippen molar-refractivity contribution in [3.8, 4) is 0 Å². The van der Waals surface area contributed by atoms with Gasteiger partial charge in [0.05, 0.1) is 11.6 Å². The number of aromatic nitrogens is 1. The monoisotopic (exact) mass is 265 g/mol. The van der Waals surface area contributed by atoms with Crippen LogP contribution in [0.5, 0.6) is 0 Å². The summed E-state index contributed by atoms with van der Waals surface area (Å²) in [6.45, 7) is 5.05. The topological polar surface area (TPSA) is 32.5 Å². The van der Waals surface area contributed by atoms with Crippen molar-refractivity contribution in [1.29, 1.82) is 0 Å². The predicted molar refractivity (Wildman–Crippen MR) is 73.4 cm³/mol. The Balaban J connectivity index is 1.78. The van der Waals surface area contributed by atoms with Crippen LogP contribution in [0.15, 0.2) is 29.0 Å². The Morgan fingerprint density at radius 3 is 2.83 bits per heavy atom. The van der Waals surface area contributed by atoms with Crippen molar-refractivity contribution in [3.05, 3.63) is 24.6 Å². The first-order valence-corrected chi connectivity index (χ1v) is 6.77. The second-order valence-electron chi connectivity index (χ2n) is 4.48. The van der Waals surface area contributed by atoms with Gasteiger partial charge in [-0.05, 0) is 12.1 Å². The van der Waals surface area contributed by atoms with E-state index in [-0.39, 0.29) is 0 Å². The fraction of sp³-hybridized carbons (Fsp3) is 0.462. The smallest absolute Gasteiger partial charge is 0.139 e. The molecule has 0 spiro atoms. The molecule has 0 N–H and O–H groups in total. The minimum absolute atomic E-state index is 0.704. The lowest BCUT2D eigenvalue weighted by Gasteiger charge is -2.35. The Morgan fingerprint density at radius 1 is 1.22 bits per heavy atom. The SMILES string of the molecule is ClCCN1CCN(c2nccc3occc23)CC1. The van der Waals surface area contributed by atoms with E-state index in [0.717, 1.165) is 49.5 Å². The van der Waals surface area contributed by atoms with Crippen LogP contribution in [-0.2, 0) is 0 Å². The van der Waals surface area contributed by atoms with Gasteiger partial charge in [0.2, 0.25) is 0 Å². The molecule has 1 aliphatic rings. The van der Waals surface area contributed by atoms with E-state index >= 15 is 0 Å². The molecular weight excluding hydrogens is 250 g/mol. The summed E-state index contributed by atoms with van der Waals surface area (Å²) in [5.41, 5.74) is 0.906. The zero-order valence-electron chi connectivity index (χ0n) is 10.2. The number of piperazine rings is 1. The molecule has 1 aliphatic heterocycles. The second-order valence-corrected chi connectivity index (χ2v) is 4.86. The number of furan rings is 1. The van der Waals surface area contributed by atoms with Gasteiger partial charge in [0, 0.05) is 44.8 Å². The van der Waals surface area contributed by atoms with Crippen LogP contribution in [0.2, 0.25) is 0 Å². The van der Waals surface area contributed by atoms with E-state index in [4.69, 9.17) is 16.0 Å². The van der Waals surface area contributed by atoms with Crippen LogP contribution in [0.1, 0.15) is 0 Å². The summed E-state index contributed by atoms with van der Waals surface area (Å²) < 4.78 is 5.41. The van der Waals surface area contributed by atoms with Crippen molar-refractivity contribution >= 4 is 28.4 Å². The Kier molecular flexibility index (Phi) is 3.39. The molecule has 0 aromatic carbocycles. The Labute approximate surface area is 111 Å². The zero-order valence-corrected chi connectivity index (χ0v) is 10.9. The first kappa shape index (κ1) is 11.8. The van der Waals surface area contributed by atoms with Crippen LogP contribution in [-0.4, -0.2) is 48.5 Å². The van der Waals surface area contributed by atoms with Gasteiger partial charge in [0.25, 0.3) is 0 Å². The Morgan fingerprint density at radius 2 is 2.06 bits per heavy atom. The number of pyridine rings is 1. The molecular formula is C13H16ClN3O. The van der Waals surface area contributed by atoms with Gasteiger partial charge in [-0.15, -0.1) is 11.6 Å². The number of hydrogen-bond donors (Lipinski definition) is 0. The van der Waals surface area contributed by atoms with Gasteiger partial charge >= 0.3 is 0 Å². The number of nitrogens with zero attached hydrogens (tertiary/aromatic N) is 3. The van der Waals surface area contributed by atoms with E-state index in [0.29, 0.717) is 5.88 Å². The third-order valence-electron chi connectivity index (χ3n) is 3.43. The fourth-order valence-electron chi connectivity index (χ4n) is 2.43. The summed E-state index contributed by atoms with van der Waals surface area (Å²) in [5.74, 6) is 1.74. The van der Waals surface area contributed by atoms with Crippen molar-refractivity contribution in [2.45, 2.75) is 0 Å². The second kappa shape index (κ2) is 5.16. The van der Waals surface area contributed by atoms with E-state index in [1.54, 1.807) is 6.26 Å². The van der Waals surface area contributed by atoms with Crippen LogP contribution < -0.4 is 4.90 Å². The molecule has 0 unspecified atom stereocenters. The molecule has 3 rings (SSSR count). The van der Waals surface area contributed by atoms with E-state index in [2.05, 4.69) is 14.8 Å². The lowest BCUT2D eigenvalue weighted by atomic mass is 10.2. The van der Waals surface area contributed by atoms with Gasteiger partial charge < -0.3 is 9.32 Å². The Bertz CT molecular complexity index is 520. The standard InChI is InChI=1S/C13H16ClN3O/c14-3-5-16-6-8-17(9-7-16)13-11-2-10-18-12(11)1-4-15-13/h1-2,4,10H,3,5-9H2. The van der Waals surface area contributed by atoms with E-state index in [1.807, 2.05) is 18.3 Å². The molecule has 0 atom stereocenters. The molecule has 2 aromatic heterocycles. The quantitative estimate of drug-likeness (QED) is 0.797. The lowest BCUT2D eigenvalue weighted by molar-refractivity contribution is 0.272. The summed E-state index contributed by atoms with van der Waals surface area (Å²) in [4.78, 5) is 9.21. The van der Waals surface area contributed by atoms with Crippen LogP contribution in [0.3, 0.4) is 0 Å². The highest BCUT2D eigenvalue weighted by atomic mass is 35.5. The summed E-state index contributed by atoms with van der Waals surface area (Å²) in [5, 5.41) is 1.10. The van der Waals surface area contributed by atoms with Crippen molar-refractivity contribution in [2.75, 3.05) is 43.5 Å². The maximum atomic E-state index is 5.77. The summed E-state index contributed by atoms with van der Waals surface area (Å²) >= 11 is 5.77. The summed E-state index contributed by atoms with van der Waals surface area (Å²) in [6.07, 6.45) is 3.53. The minimum Gasteiger partial charge on any atom is -0.464 e. The molecule has 0 amide bonds. The summed E-state index contributed by atoms with van der Waals surface area (Å²) in [6, 6.07) is 3.89. The van der Waals surface area contributed by atoms with E-state index in [9.17, 15) is 0 Å². The van der Waals surface area contributed by atoms with Gasteiger partial charge in [-0.1, -0.05) is 0 Å². The van der Waals surface area contributed by atoms with Crippen molar-refractivity contribution in [1.82, 2.24) is 9.88 Å². The van der Waals surface area contributed by atoms with Crippen LogP contribution in [0.25, 0.3) is 11.0 Å². The number of hydrogen-bond acceptors (Lipinski definition) is 4. The average Bonchev–Trinajstić information content (AvgIpc) is 2.88. The zero-order chi connectivity index (χ0) is 12.4. The van der Waals surface area contributed by atoms with Crippen molar-refractivity contribution in [3.63, 3.8) is 0 Å². The minimum atomic E-state index is 0.704. The normalized spacial score (nSPS) is 17.5. The highest BCUT2D eigenvalue weighted by Crippen LogP contribution is 2.25. The molecule has 1 saturated heterocycles. The fourth-order valence-corrected chi connectivity index (χ4v) is 2.67. The highest BCUT2D eigenvalue weighted by Gasteiger charge is 2.19. The maximum Gasteiger partial charge on any atom is 0.139 e. The number of anilines is 1. The van der Waals surface area contributed by atoms with Gasteiger partial charge in [-0.3, -0.25) is 4.90 Å². The molecule has 4 nitrogen and oxygen atoms in total. The molecule has 0 saturated carbocycles. The molecule has 0 radical (unpaired) electrons. The third-order valence-corrected chi connectivity index (χ3v) is 3.60. The number of halogens is 1. The average molecular weight is 266 g/mol. The first-order valence-electron chi connectivity index (χ1n) is 6.24. The molecule has 5 heteroatoms. The molecule has 0 aliphatic carbocycles. The number of rotatable bonds is 3. The van der Waals surface area contributed by atoms with Crippen LogP contribution in [0, 0.1) is 0 Å². The molecule has 3 heterocycles. The van der Waals surface area contributed by atoms with Gasteiger partial charge in [-0.2, -0.15) is 0 Å². The third kappa shape index (κ3) is 2.18. The van der Waals surface area contributed by atoms with E-state index in [1.165, 1.54) is 0 Å². The molecule has 1 fully saturated rings. The van der Waals surface area contributed by atoms with Gasteiger partial charge in [0.15, 0.2) is 0 Å².